The quantitative estimate of drug-likeness (QED) is 0.353. The Morgan fingerprint density at radius 1 is 1.03 bits per heavy atom. The van der Waals surface area contributed by atoms with Crippen molar-refractivity contribution in [2.45, 2.75) is 19.0 Å². The molecular weight excluding hydrogens is 448 g/mol. The van der Waals surface area contributed by atoms with E-state index >= 15 is 0 Å². The molecule has 34 heavy (non-hydrogen) atoms. The highest BCUT2D eigenvalue weighted by atomic mass is 32.2. The Morgan fingerprint density at radius 2 is 1.79 bits per heavy atom. The Kier molecular flexibility index (Phi) is 6.10. The molecule has 0 saturated carbocycles. The average molecular weight is 475 g/mol. The second-order valence-corrected chi connectivity index (χ2v) is 9.34. The summed E-state index contributed by atoms with van der Waals surface area (Å²) in [6, 6.07) is 16.2. The Bertz CT molecular complexity index is 1390. The lowest BCUT2D eigenvalue weighted by atomic mass is 10.1. The number of carbonyl (C=O) groups is 1. The third kappa shape index (κ3) is 4.31. The highest BCUT2D eigenvalue weighted by Gasteiger charge is 2.22. The lowest BCUT2D eigenvalue weighted by Crippen LogP contribution is -2.49. The van der Waals surface area contributed by atoms with Crippen molar-refractivity contribution in [1.29, 1.82) is 0 Å². The van der Waals surface area contributed by atoms with Crippen molar-refractivity contribution >= 4 is 34.4 Å². The first-order valence-electron chi connectivity index (χ1n) is 11.3. The number of thioether (sulfide) groups is 1. The van der Waals surface area contributed by atoms with E-state index in [1.807, 2.05) is 55.1 Å². The Morgan fingerprint density at radius 3 is 2.56 bits per heavy atom. The minimum atomic E-state index is -0.256. The molecule has 0 aliphatic carbocycles. The van der Waals surface area contributed by atoms with E-state index in [1.165, 1.54) is 23.6 Å². The summed E-state index contributed by atoms with van der Waals surface area (Å²) in [6.45, 7) is 7.02. The van der Waals surface area contributed by atoms with Crippen LogP contribution < -0.4 is 10.5 Å². The number of anilines is 1. The zero-order valence-corrected chi connectivity index (χ0v) is 20.0. The molecular formula is C25H26N6O2S. The molecule has 0 radical (unpaired) electrons. The van der Waals surface area contributed by atoms with E-state index < -0.39 is 0 Å². The van der Waals surface area contributed by atoms with Crippen molar-refractivity contribution in [3.8, 4) is 5.69 Å². The van der Waals surface area contributed by atoms with Gasteiger partial charge in [0.2, 0.25) is 5.91 Å². The van der Waals surface area contributed by atoms with Crippen LogP contribution in [0.3, 0.4) is 0 Å². The van der Waals surface area contributed by atoms with Crippen LogP contribution in [0.5, 0.6) is 0 Å². The van der Waals surface area contributed by atoms with E-state index in [9.17, 15) is 9.59 Å². The highest BCUT2D eigenvalue weighted by Crippen LogP contribution is 2.22. The Balaban J connectivity index is 1.29. The number of aryl methyl sites for hydroxylation is 1. The van der Waals surface area contributed by atoms with Crippen LogP contribution >= 0.6 is 11.8 Å². The van der Waals surface area contributed by atoms with E-state index in [0.717, 1.165) is 29.9 Å². The number of amides is 1. The number of hydrogen-bond acceptors (Lipinski definition) is 6. The van der Waals surface area contributed by atoms with Gasteiger partial charge in [0, 0.05) is 31.9 Å². The van der Waals surface area contributed by atoms with Crippen LogP contribution in [0, 0.1) is 13.8 Å². The van der Waals surface area contributed by atoms with Crippen molar-refractivity contribution in [1.82, 2.24) is 24.6 Å². The number of piperazine rings is 1. The van der Waals surface area contributed by atoms with Crippen LogP contribution in [0.4, 0.5) is 5.69 Å². The predicted octanol–water partition coefficient (Wildman–Crippen LogP) is 3.17. The van der Waals surface area contributed by atoms with Crippen molar-refractivity contribution < 1.29 is 4.79 Å². The molecule has 1 saturated heterocycles. The van der Waals surface area contributed by atoms with Crippen LogP contribution in [-0.4, -0.2) is 62.5 Å². The number of rotatable bonds is 5. The van der Waals surface area contributed by atoms with Crippen LogP contribution in [0.2, 0.25) is 0 Å². The van der Waals surface area contributed by atoms with Gasteiger partial charge in [0.1, 0.15) is 5.39 Å². The van der Waals surface area contributed by atoms with E-state index in [1.54, 1.807) is 4.68 Å². The fraction of sp³-hybridized carbons (Fsp3) is 0.280. The summed E-state index contributed by atoms with van der Waals surface area (Å²) in [6.07, 6.45) is 1.54. The van der Waals surface area contributed by atoms with Crippen molar-refractivity contribution in [3.63, 3.8) is 0 Å². The molecule has 1 fully saturated rings. The molecule has 5 rings (SSSR count). The molecule has 0 atom stereocenters. The van der Waals surface area contributed by atoms with Gasteiger partial charge in [-0.1, -0.05) is 42.1 Å². The number of fused-ring (bicyclic) bond motifs is 1. The third-order valence-electron chi connectivity index (χ3n) is 6.31. The molecule has 2 aromatic heterocycles. The van der Waals surface area contributed by atoms with Gasteiger partial charge in [0.05, 0.1) is 17.6 Å². The summed E-state index contributed by atoms with van der Waals surface area (Å²) >= 11 is 1.25. The van der Waals surface area contributed by atoms with Gasteiger partial charge in [-0.15, -0.1) is 0 Å². The van der Waals surface area contributed by atoms with Crippen molar-refractivity contribution in [2.75, 3.05) is 36.8 Å². The monoisotopic (exact) mass is 474 g/mol. The molecule has 1 N–H and O–H groups in total. The second-order valence-electron chi connectivity index (χ2n) is 8.38. The molecule has 0 spiro atoms. The maximum Gasteiger partial charge on any atom is 0.262 e. The standard InChI is InChI=1S/C25H26N6O2S/c1-17-7-6-10-21(18(17)2)31-23-20(15-26-31)24(33)28-25(27-23)34-16-22(32)30-13-11-29(12-14-30)19-8-4-3-5-9-19/h3-10,15H,11-14,16H2,1-2H3,(H,27,28,33). The first-order valence-corrected chi connectivity index (χ1v) is 12.2. The smallest absolute Gasteiger partial charge is 0.262 e. The van der Waals surface area contributed by atoms with E-state index in [-0.39, 0.29) is 17.2 Å². The lowest BCUT2D eigenvalue weighted by Gasteiger charge is -2.36. The normalized spacial score (nSPS) is 14.1. The SMILES string of the molecule is Cc1cccc(-n2ncc3c(=O)[nH]c(SCC(=O)N4CCN(c5ccccc5)CC4)nc32)c1C. The number of nitrogens with zero attached hydrogens (tertiary/aromatic N) is 5. The van der Waals surface area contributed by atoms with Gasteiger partial charge in [-0.3, -0.25) is 9.59 Å². The number of aromatic amines is 1. The summed E-state index contributed by atoms with van der Waals surface area (Å²) in [5, 5.41) is 5.26. The molecule has 0 unspecified atom stereocenters. The number of H-pyrrole nitrogens is 1. The zero-order valence-electron chi connectivity index (χ0n) is 19.2. The summed E-state index contributed by atoms with van der Waals surface area (Å²) in [5.41, 5.74) is 4.51. The number of carbonyl (C=O) groups excluding carboxylic acids is 1. The van der Waals surface area contributed by atoms with Gasteiger partial charge < -0.3 is 14.8 Å². The van der Waals surface area contributed by atoms with Gasteiger partial charge in [-0.05, 0) is 43.2 Å². The number of para-hydroxylation sites is 1. The number of nitrogens with one attached hydrogen (secondary N) is 1. The molecule has 3 heterocycles. The van der Waals surface area contributed by atoms with Crippen LogP contribution in [0.25, 0.3) is 16.7 Å². The minimum absolute atomic E-state index is 0.0449. The third-order valence-corrected chi connectivity index (χ3v) is 7.16. The van der Waals surface area contributed by atoms with E-state index in [2.05, 4.69) is 32.1 Å². The van der Waals surface area contributed by atoms with Gasteiger partial charge in [0.15, 0.2) is 10.8 Å². The van der Waals surface area contributed by atoms with Gasteiger partial charge in [0.25, 0.3) is 5.56 Å². The largest absolute Gasteiger partial charge is 0.368 e. The molecule has 0 bridgehead atoms. The van der Waals surface area contributed by atoms with Crippen molar-refractivity contribution in [3.05, 3.63) is 76.2 Å². The summed E-state index contributed by atoms with van der Waals surface area (Å²) in [4.78, 5) is 37.1. The average Bonchev–Trinajstić information content (AvgIpc) is 3.29. The first kappa shape index (κ1) is 22.2. The topological polar surface area (TPSA) is 87.1 Å². The van der Waals surface area contributed by atoms with Gasteiger partial charge in [-0.25, -0.2) is 9.67 Å². The Hall–Kier alpha value is -3.59. The number of aromatic nitrogens is 4. The Labute approximate surface area is 201 Å². The molecule has 9 heteroatoms. The minimum Gasteiger partial charge on any atom is -0.368 e. The second kappa shape index (κ2) is 9.34. The van der Waals surface area contributed by atoms with E-state index in [0.29, 0.717) is 29.3 Å². The maximum atomic E-state index is 12.8. The maximum absolute atomic E-state index is 12.8. The predicted molar refractivity (Wildman–Crippen MR) is 135 cm³/mol. The summed E-state index contributed by atoms with van der Waals surface area (Å²) < 4.78 is 1.70. The van der Waals surface area contributed by atoms with Crippen molar-refractivity contribution in [2.24, 2.45) is 0 Å². The summed E-state index contributed by atoms with van der Waals surface area (Å²) in [7, 11) is 0. The van der Waals surface area contributed by atoms with Gasteiger partial charge in [-0.2, -0.15) is 5.10 Å². The zero-order chi connectivity index (χ0) is 23.7. The lowest BCUT2D eigenvalue weighted by molar-refractivity contribution is -0.128. The fourth-order valence-electron chi connectivity index (χ4n) is 4.18. The van der Waals surface area contributed by atoms with Crippen LogP contribution in [-0.2, 0) is 4.79 Å². The number of hydrogen-bond donors (Lipinski definition) is 1. The fourth-order valence-corrected chi connectivity index (χ4v) is 4.94. The molecule has 8 nitrogen and oxygen atoms in total. The van der Waals surface area contributed by atoms with Gasteiger partial charge >= 0.3 is 0 Å². The molecule has 4 aromatic rings. The molecule has 1 amide bonds. The first-order chi connectivity index (χ1) is 16.5. The van der Waals surface area contributed by atoms with E-state index in [4.69, 9.17) is 0 Å². The van der Waals surface area contributed by atoms with Crippen LogP contribution in [0.15, 0.2) is 64.7 Å². The molecule has 1 aliphatic heterocycles. The summed E-state index contributed by atoms with van der Waals surface area (Å²) in [5.74, 6) is 0.265. The number of benzene rings is 2. The molecule has 2 aromatic carbocycles. The van der Waals surface area contributed by atoms with Crippen LogP contribution in [0.1, 0.15) is 11.1 Å². The molecule has 174 valence electrons. The molecule has 1 aliphatic rings. The highest BCUT2D eigenvalue weighted by molar-refractivity contribution is 7.99.